The van der Waals surface area contributed by atoms with Gasteiger partial charge in [0.15, 0.2) is 0 Å². The van der Waals surface area contributed by atoms with Crippen LogP contribution in [0.15, 0.2) is 0 Å². The van der Waals surface area contributed by atoms with Crippen LogP contribution >= 0.6 is 0 Å². The number of rotatable bonds is 6. The molecule has 0 radical (unpaired) electrons. The molecule has 0 bridgehead atoms. The van der Waals surface area contributed by atoms with E-state index in [9.17, 15) is 0 Å². The Hall–Kier alpha value is -0.120. The maximum atomic E-state index is 5.95. The van der Waals surface area contributed by atoms with E-state index in [0.717, 1.165) is 13.2 Å². The van der Waals surface area contributed by atoms with E-state index in [0.29, 0.717) is 12.6 Å². The quantitative estimate of drug-likeness (QED) is 0.756. The molecule has 0 amide bonds. The van der Waals surface area contributed by atoms with Crippen LogP contribution in [0.3, 0.4) is 0 Å². The van der Waals surface area contributed by atoms with Crippen molar-refractivity contribution in [3.63, 3.8) is 0 Å². The van der Waals surface area contributed by atoms with Crippen LogP contribution in [0, 0.1) is 0 Å². The van der Waals surface area contributed by atoms with Gasteiger partial charge in [0, 0.05) is 19.7 Å². The predicted octanol–water partition coefficient (Wildman–Crippen LogP) is 2.00. The highest BCUT2D eigenvalue weighted by Crippen LogP contribution is 2.28. The third-order valence-electron chi connectivity index (χ3n) is 3.94. The van der Waals surface area contributed by atoms with Gasteiger partial charge in [0.1, 0.15) is 0 Å². The summed E-state index contributed by atoms with van der Waals surface area (Å²) in [6.07, 6.45) is 6.79. The summed E-state index contributed by atoms with van der Waals surface area (Å²) in [5, 5.41) is 0. The van der Waals surface area contributed by atoms with E-state index in [4.69, 9.17) is 10.5 Å². The molecule has 96 valence electrons. The van der Waals surface area contributed by atoms with Gasteiger partial charge in [0.25, 0.3) is 0 Å². The fourth-order valence-corrected chi connectivity index (χ4v) is 3.04. The van der Waals surface area contributed by atoms with Gasteiger partial charge in [-0.15, -0.1) is 0 Å². The molecule has 3 nitrogen and oxygen atoms in total. The molecule has 0 aliphatic heterocycles. The number of ether oxygens (including phenoxy) is 1. The minimum atomic E-state index is 0.00546. The number of nitrogens with two attached hydrogens (primary N) is 1. The lowest BCUT2D eigenvalue weighted by Crippen LogP contribution is -2.58. The van der Waals surface area contributed by atoms with Gasteiger partial charge in [0.2, 0.25) is 0 Å². The minimum absolute atomic E-state index is 0.00546. The Balaban J connectivity index is 2.68. The van der Waals surface area contributed by atoms with Crippen molar-refractivity contribution in [2.24, 2.45) is 5.73 Å². The van der Waals surface area contributed by atoms with Crippen LogP contribution in [0.2, 0.25) is 0 Å². The second kappa shape index (κ2) is 6.58. The zero-order valence-electron chi connectivity index (χ0n) is 11.2. The lowest BCUT2D eigenvalue weighted by Gasteiger charge is -2.45. The molecule has 1 fully saturated rings. The van der Waals surface area contributed by atoms with Crippen LogP contribution in [0.4, 0.5) is 0 Å². The fraction of sp³-hybridized carbons (Fsp3) is 1.00. The van der Waals surface area contributed by atoms with E-state index in [1.165, 1.54) is 32.1 Å². The highest BCUT2D eigenvalue weighted by molar-refractivity contribution is 4.91. The molecule has 1 rings (SSSR count). The molecule has 2 N–H and O–H groups in total. The summed E-state index contributed by atoms with van der Waals surface area (Å²) >= 11 is 0. The Morgan fingerprint density at radius 2 is 1.94 bits per heavy atom. The third kappa shape index (κ3) is 3.19. The predicted molar refractivity (Wildman–Crippen MR) is 68.6 cm³/mol. The molecule has 0 aromatic heterocycles. The lowest BCUT2D eigenvalue weighted by atomic mass is 9.89. The average Bonchev–Trinajstić information content (AvgIpc) is 2.31. The first-order valence-corrected chi connectivity index (χ1v) is 6.63. The van der Waals surface area contributed by atoms with E-state index in [-0.39, 0.29) is 5.54 Å². The average molecular weight is 228 g/mol. The first-order chi connectivity index (χ1) is 7.68. The summed E-state index contributed by atoms with van der Waals surface area (Å²) in [6.45, 7) is 6.94. The summed E-state index contributed by atoms with van der Waals surface area (Å²) in [5.74, 6) is 0. The van der Waals surface area contributed by atoms with Gasteiger partial charge in [-0.25, -0.2) is 0 Å². The molecule has 0 heterocycles. The van der Waals surface area contributed by atoms with Crippen LogP contribution in [0.1, 0.15) is 46.0 Å². The van der Waals surface area contributed by atoms with Gasteiger partial charge < -0.3 is 10.5 Å². The lowest BCUT2D eigenvalue weighted by molar-refractivity contribution is -0.00754. The van der Waals surface area contributed by atoms with E-state index < -0.39 is 0 Å². The molecule has 0 aromatic rings. The summed E-state index contributed by atoms with van der Waals surface area (Å²) in [6, 6.07) is 0.711. The Labute approximate surface area is 100 Å². The SMILES string of the molecule is CCN(C1CCCCC1)C(C)(CN)COC. The Bertz CT molecular complexity index is 192. The highest BCUT2D eigenvalue weighted by Gasteiger charge is 2.34. The molecule has 0 spiro atoms. The van der Waals surface area contributed by atoms with Crippen molar-refractivity contribution in [3.05, 3.63) is 0 Å². The summed E-state index contributed by atoms with van der Waals surface area (Å²) in [4.78, 5) is 2.57. The van der Waals surface area contributed by atoms with Crippen LogP contribution in [-0.4, -0.2) is 43.3 Å². The standard InChI is InChI=1S/C13H28N2O/c1-4-15(12-8-6-5-7-9-12)13(2,10-14)11-16-3/h12H,4-11,14H2,1-3H3. The van der Waals surface area contributed by atoms with E-state index >= 15 is 0 Å². The van der Waals surface area contributed by atoms with Crippen molar-refractivity contribution in [1.29, 1.82) is 0 Å². The van der Waals surface area contributed by atoms with Gasteiger partial charge in [-0.2, -0.15) is 0 Å². The molecule has 3 heteroatoms. The maximum absolute atomic E-state index is 5.95. The molecule has 0 aromatic carbocycles. The van der Waals surface area contributed by atoms with E-state index in [1.807, 2.05) is 0 Å². The summed E-state index contributed by atoms with van der Waals surface area (Å²) in [5.41, 5.74) is 5.96. The van der Waals surface area contributed by atoms with Crippen LogP contribution in [0.25, 0.3) is 0 Å². The van der Waals surface area contributed by atoms with Gasteiger partial charge in [-0.1, -0.05) is 26.2 Å². The Morgan fingerprint density at radius 3 is 2.38 bits per heavy atom. The van der Waals surface area contributed by atoms with Crippen molar-refractivity contribution < 1.29 is 4.74 Å². The molecular weight excluding hydrogens is 200 g/mol. The zero-order valence-corrected chi connectivity index (χ0v) is 11.2. The Morgan fingerprint density at radius 1 is 1.31 bits per heavy atom. The van der Waals surface area contributed by atoms with Crippen LogP contribution < -0.4 is 5.73 Å². The summed E-state index contributed by atoms with van der Waals surface area (Å²) in [7, 11) is 1.77. The molecule has 1 saturated carbocycles. The smallest absolute Gasteiger partial charge is 0.0656 e. The number of nitrogens with zero attached hydrogens (tertiary/aromatic N) is 1. The highest BCUT2D eigenvalue weighted by atomic mass is 16.5. The van der Waals surface area contributed by atoms with Crippen LogP contribution in [-0.2, 0) is 4.74 Å². The Kier molecular flexibility index (Phi) is 5.73. The van der Waals surface area contributed by atoms with E-state index in [2.05, 4.69) is 18.7 Å². The number of hydrogen-bond donors (Lipinski definition) is 1. The monoisotopic (exact) mass is 228 g/mol. The number of hydrogen-bond acceptors (Lipinski definition) is 3. The van der Waals surface area contributed by atoms with Gasteiger partial charge in [-0.05, 0) is 26.3 Å². The van der Waals surface area contributed by atoms with Gasteiger partial charge in [-0.3, -0.25) is 4.90 Å². The van der Waals surface area contributed by atoms with E-state index in [1.54, 1.807) is 7.11 Å². The van der Waals surface area contributed by atoms with Crippen molar-refractivity contribution in [1.82, 2.24) is 4.90 Å². The minimum Gasteiger partial charge on any atom is -0.383 e. The summed E-state index contributed by atoms with van der Waals surface area (Å²) < 4.78 is 5.35. The van der Waals surface area contributed by atoms with Gasteiger partial charge >= 0.3 is 0 Å². The number of likely N-dealkylation sites (N-methyl/N-ethyl adjacent to an activating group) is 1. The molecule has 16 heavy (non-hydrogen) atoms. The van der Waals surface area contributed by atoms with Crippen molar-refractivity contribution in [2.75, 3.05) is 26.8 Å². The van der Waals surface area contributed by atoms with Crippen molar-refractivity contribution >= 4 is 0 Å². The van der Waals surface area contributed by atoms with Crippen molar-refractivity contribution in [2.45, 2.75) is 57.5 Å². The first-order valence-electron chi connectivity index (χ1n) is 6.63. The maximum Gasteiger partial charge on any atom is 0.0656 e. The first kappa shape index (κ1) is 13.9. The third-order valence-corrected chi connectivity index (χ3v) is 3.94. The second-order valence-electron chi connectivity index (χ2n) is 5.21. The molecular formula is C13H28N2O. The largest absolute Gasteiger partial charge is 0.383 e. The van der Waals surface area contributed by atoms with Crippen molar-refractivity contribution in [3.8, 4) is 0 Å². The topological polar surface area (TPSA) is 38.5 Å². The second-order valence-corrected chi connectivity index (χ2v) is 5.21. The molecule has 1 atom stereocenters. The van der Waals surface area contributed by atoms with Crippen LogP contribution in [0.5, 0.6) is 0 Å². The van der Waals surface area contributed by atoms with Gasteiger partial charge in [0.05, 0.1) is 12.1 Å². The molecule has 0 saturated heterocycles. The number of methoxy groups -OCH3 is 1. The fourth-order valence-electron chi connectivity index (χ4n) is 3.04. The molecule has 1 aliphatic rings. The zero-order chi connectivity index (χ0) is 12.0. The molecule has 1 unspecified atom stereocenters. The normalized spacial score (nSPS) is 22.3. The molecule has 1 aliphatic carbocycles.